The van der Waals surface area contributed by atoms with Gasteiger partial charge in [-0.2, -0.15) is 0 Å². The molecule has 0 saturated heterocycles. The van der Waals surface area contributed by atoms with Crippen LogP contribution in [0.25, 0.3) is 0 Å². The molecule has 304 valence electrons. The van der Waals surface area contributed by atoms with Crippen molar-refractivity contribution in [1.29, 1.82) is 0 Å². The van der Waals surface area contributed by atoms with Gasteiger partial charge in [0.1, 0.15) is 12.2 Å². The van der Waals surface area contributed by atoms with E-state index in [2.05, 4.69) is 86.8 Å². The van der Waals surface area contributed by atoms with Crippen molar-refractivity contribution in [1.82, 2.24) is 0 Å². The second-order valence-corrected chi connectivity index (χ2v) is 14.4. The molecule has 0 aliphatic heterocycles. The highest BCUT2D eigenvalue weighted by molar-refractivity contribution is 7.47. The van der Waals surface area contributed by atoms with Crippen LogP contribution in [-0.2, 0) is 27.9 Å². The van der Waals surface area contributed by atoms with Crippen molar-refractivity contribution in [3.8, 4) is 0 Å². The minimum absolute atomic E-state index is 0.00943. The monoisotopic (exact) mass is 764 g/mol. The van der Waals surface area contributed by atoms with Crippen LogP contribution in [0.1, 0.15) is 136 Å². The van der Waals surface area contributed by atoms with E-state index >= 15 is 0 Å². The van der Waals surface area contributed by atoms with Crippen molar-refractivity contribution in [3.05, 3.63) is 85.1 Å². The Bertz CT molecular complexity index is 1090. The molecule has 0 spiro atoms. The number of allylic oxidation sites excluding steroid dienone is 14. The van der Waals surface area contributed by atoms with Gasteiger partial charge in [0.05, 0.1) is 26.4 Å². The highest BCUT2D eigenvalue weighted by atomic mass is 31.2. The minimum atomic E-state index is -4.54. The van der Waals surface area contributed by atoms with Crippen molar-refractivity contribution >= 4 is 13.8 Å². The SMILES string of the molecule is CC/C=C\C/C=C\C/C=C\C/C=C\C/C=C\C/C=C\CCC(=O)OC(COCCCCCCCC/C=C\CCCCC)COP(=O)(O)OCC(O)CO. The van der Waals surface area contributed by atoms with Crippen LogP contribution < -0.4 is 0 Å². The molecule has 3 atom stereocenters. The first-order valence-electron chi connectivity index (χ1n) is 20.1. The third-order valence-electron chi connectivity index (χ3n) is 7.83. The number of carbonyl (C=O) groups is 1. The van der Waals surface area contributed by atoms with E-state index in [9.17, 15) is 19.4 Å². The van der Waals surface area contributed by atoms with Gasteiger partial charge in [-0.25, -0.2) is 4.57 Å². The van der Waals surface area contributed by atoms with Gasteiger partial charge in [0, 0.05) is 13.0 Å². The molecule has 3 unspecified atom stereocenters. The summed E-state index contributed by atoms with van der Waals surface area (Å²) < 4.78 is 33.2. The molecule has 3 N–H and O–H groups in total. The molecule has 0 saturated carbocycles. The molecule has 0 aliphatic rings. The maximum atomic E-state index is 12.5. The van der Waals surface area contributed by atoms with E-state index in [4.69, 9.17) is 23.6 Å². The van der Waals surface area contributed by atoms with E-state index in [1.54, 1.807) is 0 Å². The van der Waals surface area contributed by atoms with Crippen LogP contribution >= 0.6 is 7.82 Å². The van der Waals surface area contributed by atoms with Crippen LogP contribution in [-0.4, -0.2) is 66.3 Å². The molecule has 10 heteroatoms. The normalized spacial score (nSPS) is 15.0. The summed E-state index contributed by atoms with van der Waals surface area (Å²) >= 11 is 0. The molecule has 0 fully saturated rings. The lowest BCUT2D eigenvalue weighted by atomic mass is 10.1. The Morgan fingerprint density at radius 2 is 1.08 bits per heavy atom. The minimum Gasteiger partial charge on any atom is -0.457 e. The smallest absolute Gasteiger partial charge is 0.457 e. The van der Waals surface area contributed by atoms with Crippen LogP contribution in [0.5, 0.6) is 0 Å². The summed E-state index contributed by atoms with van der Waals surface area (Å²) in [6.07, 6.45) is 47.0. The van der Waals surface area contributed by atoms with Crippen molar-refractivity contribution in [3.63, 3.8) is 0 Å². The number of carbonyl (C=O) groups excluding carboxylic acids is 1. The summed E-state index contributed by atoms with van der Waals surface area (Å²) in [7, 11) is -4.54. The van der Waals surface area contributed by atoms with E-state index in [1.807, 2.05) is 12.2 Å². The van der Waals surface area contributed by atoms with Gasteiger partial charge in [0.15, 0.2) is 0 Å². The Hall–Kier alpha value is -2.36. The molecule has 0 aliphatic carbocycles. The number of hydrogen-bond donors (Lipinski definition) is 3. The fourth-order valence-electron chi connectivity index (χ4n) is 4.79. The largest absolute Gasteiger partial charge is 0.472 e. The average molecular weight is 765 g/mol. The van der Waals surface area contributed by atoms with Gasteiger partial charge in [-0.1, -0.05) is 137 Å². The fourth-order valence-corrected chi connectivity index (χ4v) is 5.58. The second-order valence-electron chi connectivity index (χ2n) is 12.9. The molecule has 0 amide bonds. The lowest BCUT2D eigenvalue weighted by molar-refractivity contribution is -0.154. The van der Waals surface area contributed by atoms with Crippen molar-refractivity contribution < 1.29 is 43.0 Å². The van der Waals surface area contributed by atoms with Gasteiger partial charge in [-0.05, 0) is 77.0 Å². The summed E-state index contributed by atoms with van der Waals surface area (Å²) in [5, 5.41) is 18.3. The predicted molar refractivity (Wildman–Crippen MR) is 219 cm³/mol. The summed E-state index contributed by atoms with van der Waals surface area (Å²) in [6.45, 7) is 3.23. The van der Waals surface area contributed by atoms with Gasteiger partial charge in [-0.3, -0.25) is 13.8 Å². The zero-order valence-electron chi connectivity index (χ0n) is 32.9. The van der Waals surface area contributed by atoms with Gasteiger partial charge < -0.3 is 24.6 Å². The molecular formula is C43H73O9P. The lowest BCUT2D eigenvalue weighted by Crippen LogP contribution is -2.29. The highest BCUT2D eigenvalue weighted by Gasteiger charge is 2.26. The zero-order valence-corrected chi connectivity index (χ0v) is 33.8. The number of rotatable bonds is 37. The van der Waals surface area contributed by atoms with E-state index in [1.165, 1.54) is 44.9 Å². The quantitative estimate of drug-likeness (QED) is 0.0245. The molecule has 0 aromatic carbocycles. The van der Waals surface area contributed by atoms with Crippen LogP contribution in [0, 0.1) is 0 Å². The third-order valence-corrected chi connectivity index (χ3v) is 8.78. The molecule has 0 rings (SSSR count). The van der Waals surface area contributed by atoms with Crippen LogP contribution in [0.15, 0.2) is 85.1 Å². The molecular weight excluding hydrogens is 691 g/mol. The molecule has 53 heavy (non-hydrogen) atoms. The van der Waals surface area contributed by atoms with Crippen molar-refractivity contribution in [2.45, 2.75) is 148 Å². The molecule has 9 nitrogen and oxygen atoms in total. The van der Waals surface area contributed by atoms with Crippen molar-refractivity contribution in [2.75, 3.05) is 33.0 Å². The first-order valence-corrected chi connectivity index (χ1v) is 21.6. The summed E-state index contributed by atoms with van der Waals surface area (Å²) in [5.74, 6) is -0.470. The topological polar surface area (TPSA) is 132 Å². The molecule has 0 aromatic rings. The lowest BCUT2D eigenvalue weighted by Gasteiger charge is -2.20. The number of aliphatic hydroxyl groups excluding tert-OH is 2. The molecule has 0 aromatic heterocycles. The average Bonchev–Trinajstić information content (AvgIpc) is 3.15. The number of ether oxygens (including phenoxy) is 2. The number of esters is 1. The standard InChI is InChI=1S/C43H73O9P/c1-3-5-7-9-11-13-15-17-18-19-20-21-22-23-25-27-29-31-33-35-43(46)52-42(40-51-53(47,48)50-38-41(45)37-44)39-49-36-34-32-30-28-26-24-16-14-12-10-8-6-4-2/h5,7,11-14,17-18,20-21,23,25,29,31,41-42,44-45H,3-4,6,8-10,15-16,19,22,24,26-28,30,32-40H2,1-2H3,(H,47,48)/b7-5-,13-11-,14-12-,18-17-,21-20-,25-23-,31-29-. The van der Waals surface area contributed by atoms with Gasteiger partial charge in [0.25, 0.3) is 0 Å². The maximum absolute atomic E-state index is 12.5. The molecule has 0 heterocycles. The van der Waals surface area contributed by atoms with Crippen LogP contribution in [0.3, 0.4) is 0 Å². The number of unbranched alkanes of at least 4 members (excludes halogenated alkanes) is 9. The number of hydrogen-bond acceptors (Lipinski definition) is 8. The van der Waals surface area contributed by atoms with Gasteiger partial charge in [-0.15, -0.1) is 0 Å². The van der Waals surface area contributed by atoms with Gasteiger partial charge >= 0.3 is 13.8 Å². The number of phosphoric ester groups is 1. The third kappa shape index (κ3) is 39.2. The summed E-state index contributed by atoms with van der Waals surface area (Å²) in [6, 6.07) is 0. The van der Waals surface area contributed by atoms with Gasteiger partial charge in [0.2, 0.25) is 0 Å². The summed E-state index contributed by atoms with van der Waals surface area (Å²) in [4.78, 5) is 22.5. The van der Waals surface area contributed by atoms with E-state index in [0.29, 0.717) is 13.0 Å². The molecule has 0 radical (unpaired) electrons. The second kappa shape index (κ2) is 39.3. The Morgan fingerprint density at radius 1 is 0.604 bits per heavy atom. The number of phosphoric acid groups is 1. The Morgan fingerprint density at radius 3 is 1.62 bits per heavy atom. The maximum Gasteiger partial charge on any atom is 0.472 e. The Kier molecular flexibility index (Phi) is 37.6. The van der Waals surface area contributed by atoms with E-state index < -0.39 is 45.8 Å². The number of aliphatic hydroxyl groups is 2. The zero-order chi connectivity index (χ0) is 38.9. The Balaban J connectivity index is 4.38. The fraction of sp³-hybridized carbons (Fsp3) is 0.651. The first kappa shape index (κ1) is 50.6. The first-order chi connectivity index (χ1) is 25.8. The molecule has 0 bridgehead atoms. The van der Waals surface area contributed by atoms with Crippen LogP contribution in [0.4, 0.5) is 0 Å². The Labute approximate surface area is 322 Å². The summed E-state index contributed by atoms with van der Waals surface area (Å²) in [5.41, 5.74) is 0. The van der Waals surface area contributed by atoms with E-state index in [0.717, 1.165) is 64.2 Å². The van der Waals surface area contributed by atoms with Crippen molar-refractivity contribution in [2.24, 2.45) is 0 Å². The highest BCUT2D eigenvalue weighted by Crippen LogP contribution is 2.43. The van der Waals surface area contributed by atoms with E-state index in [-0.39, 0.29) is 13.0 Å². The predicted octanol–water partition coefficient (Wildman–Crippen LogP) is 10.7. The van der Waals surface area contributed by atoms with Crippen LogP contribution in [0.2, 0.25) is 0 Å².